The van der Waals surface area contributed by atoms with Crippen LogP contribution in [0.5, 0.6) is 0 Å². The van der Waals surface area contributed by atoms with Crippen LogP contribution in [0.15, 0.2) is 15.8 Å². The van der Waals surface area contributed by atoms with Crippen molar-refractivity contribution in [2.24, 2.45) is 0 Å². The number of aliphatic hydroxyl groups is 1. The molecule has 0 aromatic carbocycles. The normalized spacial score (nSPS) is 23.3. The highest BCUT2D eigenvalue weighted by Crippen LogP contribution is 2.33. The lowest BCUT2D eigenvalue weighted by Crippen LogP contribution is -2.43. The van der Waals surface area contributed by atoms with E-state index < -0.39 is 60.2 Å². The summed E-state index contributed by atoms with van der Waals surface area (Å²) in [7, 11) is 0. The molecule has 0 unspecified atom stereocenters. The van der Waals surface area contributed by atoms with Crippen molar-refractivity contribution in [3.8, 4) is 0 Å². The van der Waals surface area contributed by atoms with Gasteiger partial charge in [-0.1, -0.05) is 26.7 Å². The van der Waals surface area contributed by atoms with Crippen LogP contribution in [-0.2, 0) is 23.8 Å². The van der Waals surface area contributed by atoms with Gasteiger partial charge in [-0.05, 0) is 12.8 Å². The second-order valence-electron chi connectivity index (χ2n) is 7.01. The maximum Gasteiger partial charge on any atom is 0.330 e. The number of H-pyrrole nitrogens is 1. The van der Waals surface area contributed by atoms with Gasteiger partial charge in [-0.3, -0.25) is 23.9 Å². The van der Waals surface area contributed by atoms with E-state index in [4.69, 9.17) is 14.2 Å². The first kappa shape index (κ1) is 23.7. The van der Waals surface area contributed by atoms with Crippen molar-refractivity contribution in [1.82, 2.24) is 9.55 Å². The number of rotatable bonds is 10. The van der Waals surface area contributed by atoms with E-state index in [0.29, 0.717) is 23.6 Å². The first-order chi connectivity index (χ1) is 14.3. The third-order valence-corrected chi connectivity index (χ3v) is 4.67. The van der Waals surface area contributed by atoms with Crippen LogP contribution in [-0.4, -0.2) is 51.5 Å². The van der Waals surface area contributed by atoms with Crippen molar-refractivity contribution in [2.45, 2.75) is 76.9 Å². The zero-order valence-corrected chi connectivity index (χ0v) is 17.0. The van der Waals surface area contributed by atoms with Crippen molar-refractivity contribution in [3.05, 3.63) is 32.9 Å². The Bertz CT molecular complexity index is 852. The number of nitrogens with zero attached hydrogens (tertiary/aromatic N) is 1. The molecule has 0 saturated carbocycles. The van der Waals surface area contributed by atoms with Gasteiger partial charge in [-0.15, -0.1) is 0 Å². The molecule has 30 heavy (non-hydrogen) atoms. The van der Waals surface area contributed by atoms with E-state index in [1.54, 1.807) is 4.98 Å². The minimum atomic E-state index is -1.41. The standard InChI is InChI=1S/C19H27FN2O8/c1-3-5-7-13(24)29-15-12(10-23)28-18(16(15)30-14(25)8-6-4-2)22-9-11(20)17(26)21-19(22)27/h9,12,15-16,18,23H,3-8,10H2,1-2H3,(H,21,26,27)/t12-,15-,16-,18-/m1/s1. The van der Waals surface area contributed by atoms with Crippen LogP contribution in [0.1, 0.15) is 58.6 Å². The van der Waals surface area contributed by atoms with Crippen molar-refractivity contribution >= 4 is 11.9 Å². The summed E-state index contributed by atoms with van der Waals surface area (Å²) in [5, 5.41) is 9.68. The van der Waals surface area contributed by atoms with Crippen LogP contribution in [0.2, 0.25) is 0 Å². The Morgan fingerprint density at radius 3 is 2.23 bits per heavy atom. The molecule has 1 saturated heterocycles. The number of unbranched alkanes of at least 4 members (excludes halogenated alkanes) is 2. The van der Waals surface area contributed by atoms with E-state index >= 15 is 0 Å². The van der Waals surface area contributed by atoms with E-state index in [2.05, 4.69) is 0 Å². The molecule has 0 spiro atoms. The number of carbonyl (C=O) groups is 2. The Hall–Kier alpha value is -2.53. The molecule has 1 aromatic rings. The van der Waals surface area contributed by atoms with Crippen LogP contribution in [0.3, 0.4) is 0 Å². The molecule has 11 heteroatoms. The Morgan fingerprint density at radius 2 is 1.70 bits per heavy atom. The summed E-state index contributed by atoms with van der Waals surface area (Å²) in [6.45, 7) is 3.18. The molecule has 1 aliphatic heterocycles. The fourth-order valence-corrected chi connectivity index (χ4v) is 3.06. The minimum Gasteiger partial charge on any atom is -0.455 e. The number of hydrogen-bond acceptors (Lipinski definition) is 8. The van der Waals surface area contributed by atoms with Crippen molar-refractivity contribution < 1.29 is 33.3 Å². The van der Waals surface area contributed by atoms with Gasteiger partial charge in [0.2, 0.25) is 5.82 Å². The summed E-state index contributed by atoms with van der Waals surface area (Å²) in [5.74, 6) is -2.46. The molecule has 0 aliphatic carbocycles. The molecule has 0 bridgehead atoms. The van der Waals surface area contributed by atoms with E-state index in [9.17, 15) is 28.7 Å². The first-order valence-corrected chi connectivity index (χ1v) is 9.98. The quantitative estimate of drug-likeness (QED) is 0.519. The van der Waals surface area contributed by atoms with Crippen molar-refractivity contribution in [1.29, 1.82) is 0 Å². The minimum absolute atomic E-state index is 0.0783. The molecule has 2 N–H and O–H groups in total. The molecule has 1 aliphatic rings. The second kappa shape index (κ2) is 11.0. The van der Waals surface area contributed by atoms with Crippen LogP contribution >= 0.6 is 0 Å². The highest BCUT2D eigenvalue weighted by molar-refractivity contribution is 5.70. The molecular formula is C19H27FN2O8. The number of esters is 2. The highest BCUT2D eigenvalue weighted by atomic mass is 19.1. The van der Waals surface area contributed by atoms with E-state index in [-0.39, 0.29) is 12.8 Å². The molecule has 0 radical (unpaired) electrons. The highest BCUT2D eigenvalue weighted by Gasteiger charge is 2.50. The number of aromatic nitrogens is 2. The van der Waals surface area contributed by atoms with Crippen molar-refractivity contribution in [2.75, 3.05) is 6.61 Å². The Labute approximate surface area is 171 Å². The average Bonchev–Trinajstić information content (AvgIpc) is 3.04. The predicted molar refractivity (Wildman–Crippen MR) is 101 cm³/mol. The summed E-state index contributed by atoms with van der Waals surface area (Å²) >= 11 is 0. The fraction of sp³-hybridized carbons (Fsp3) is 0.684. The lowest BCUT2D eigenvalue weighted by atomic mass is 10.1. The third kappa shape index (κ3) is 5.76. The van der Waals surface area contributed by atoms with Crippen LogP contribution in [0, 0.1) is 5.82 Å². The third-order valence-electron chi connectivity index (χ3n) is 4.67. The number of carbonyl (C=O) groups excluding carboxylic acids is 2. The largest absolute Gasteiger partial charge is 0.455 e. The Kier molecular flexibility index (Phi) is 8.72. The number of halogens is 1. The van der Waals surface area contributed by atoms with Crippen LogP contribution in [0.4, 0.5) is 4.39 Å². The fourth-order valence-electron chi connectivity index (χ4n) is 3.06. The van der Waals surface area contributed by atoms with Gasteiger partial charge in [0, 0.05) is 12.8 Å². The summed E-state index contributed by atoms with van der Waals surface area (Å²) in [6.07, 6.45) is -1.63. The molecule has 1 fully saturated rings. The van der Waals surface area contributed by atoms with Gasteiger partial charge in [0.1, 0.15) is 6.10 Å². The SMILES string of the molecule is CCCCC(=O)O[C@@H]1[C@H](OC(=O)CCCC)[C@@H](CO)O[C@H]1n1cc(F)c(=O)[nH]c1=O. The van der Waals surface area contributed by atoms with Gasteiger partial charge in [0.05, 0.1) is 12.8 Å². The number of nitrogens with one attached hydrogen (secondary N) is 1. The first-order valence-electron chi connectivity index (χ1n) is 9.98. The average molecular weight is 430 g/mol. The van der Waals surface area contributed by atoms with Gasteiger partial charge in [0.25, 0.3) is 5.56 Å². The Balaban J connectivity index is 2.37. The van der Waals surface area contributed by atoms with E-state index in [1.165, 1.54) is 0 Å². The molecule has 4 atom stereocenters. The molecule has 10 nitrogen and oxygen atoms in total. The summed E-state index contributed by atoms with van der Waals surface area (Å²) in [4.78, 5) is 49.7. The van der Waals surface area contributed by atoms with Gasteiger partial charge < -0.3 is 19.3 Å². The molecular weight excluding hydrogens is 403 g/mol. The molecule has 1 aromatic heterocycles. The molecule has 2 heterocycles. The summed E-state index contributed by atoms with van der Waals surface area (Å²) < 4.78 is 30.9. The van der Waals surface area contributed by atoms with E-state index in [0.717, 1.165) is 12.8 Å². The second-order valence-corrected chi connectivity index (χ2v) is 7.01. The van der Waals surface area contributed by atoms with Crippen molar-refractivity contribution in [3.63, 3.8) is 0 Å². The van der Waals surface area contributed by atoms with Gasteiger partial charge in [0.15, 0.2) is 18.4 Å². The Morgan fingerprint density at radius 1 is 1.13 bits per heavy atom. The maximum absolute atomic E-state index is 13.8. The number of aromatic amines is 1. The summed E-state index contributed by atoms with van der Waals surface area (Å²) in [6, 6.07) is 0. The summed E-state index contributed by atoms with van der Waals surface area (Å²) in [5.41, 5.74) is -2.22. The molecule has 0 amide bonds. The number of hydrogen-bond donors (Lipinski definition) is 2. The number of ether oxygens (including phenoxy) is 3. The zero-order valence-electron chi connectivity index (χ0n) is 17.0. The van der Waals surface area contributed by atoms with Gasteiger partial charge >= 0.3 is 17.6 Å². The van der Waals surface area contributed by atoms with Crippen LogP contribution in [0.25, 0.3) is 0 Å². The van der Waals surface area contributed by atoms with Gasteiger partial charge in [-0.2, -0.15) is 4.39 Å². The smallest absolute Gasteiger partial charge is 0.330 e. The lowest BCUT2D eigenvalue weighted by Gasteiger charge is -2.24. The predicted octanol–water partition coefficient (Wildman–Crippen LogP) is 0.769. The lowest BCUT2D eigenvalue weighted by molar-refractivity contribution is -0.169. The maximum atomic E-state index is 13.8. The molecule has 168 valence electrons. The molecule has 2 rings (SSSR count). The van der Waals surface area contributed by atoms with Gasteiger partial charge in [-0.25, -0.2) is 4.79 Å². The number of aliphatic hydroxyl groups excluding tert-OH is 1. The van der Waals surface area contributed by atoms with E-state index in [1.807, 2.05) is 13.8 Å². The topological polar surface area (TPSA) is 137 Å². The zero-order chi connectivity index (χ0) is 22.3. The van der Waals surface area contributed by atoms with Crippen LogP contribution < -0.4 is 11.2 Å². The monoisotopic (exact) mass is 430 g/mol.